The summed E-state index contributed by atoms with van der Waals surface area (Å²) in [6, 6.07) is 10.9. The molecule has 0 saturated carbocycles. The van der Waals surface area contributed by atoms with Crippen LogP contribution in [0.4, 0.5) is 5.69 Å². The van der Waals surface area contributed by atoms with Gasteiger partial charge in [-0.1, -0.05) is 29.4 Å². The number of anilines is 1. The lowest BCUT2D eigenvalue weighted by Gasteiger charge is -2.13. The van der Waals surface area contributed by atoms with Crippen LogP contribution in [-0.2, 0) is 11.3 Å². The van der Waals surface area contributed by atoms with Crippen molar-refractivity contribution in [1.29, 1.82) is 0 Å². The average molecular weight is 431 g/mol. The number of pyridine rings is 1. The maximum Gasteiger partial charge on any atom is 0.234 e. The van der Waals surface area contributed by atoms with Crippen molar-refractivity contribution in [3.8, 4) is 11.4 Å². The Bertz CT molecular complexity index is 947. The number of rotatable bonds is 9. The minimum atomic E-state index is -0.120. The molecule has 2 heterocycles. The van der Waals surface area contributed by atoms with E-state index in [1.807, 2.05) is 26.2 Å². The molecule has 0 saturated heterocycles. The maximum atomic E-state index is 12.3. The number of carbonyl (C=O) groups excluding carboxylic acids is 1. The Balaban J connectivity index is 1.70. The van der Waals surface area contributed by atoms with Gasteiger partial charge in [0.05, 0.1) is 5.75 Å². The van der Waals surface area contributed by atoms with Gasteiger partial charge in [0, 0.05) is 35.2 Å². The first-order valence-corrected chi connectivity index (χ1v) is 10.6. The lowest BCUT2D eigenvalue weighted by atomic mass is 10.2. The Morgan fingerprint density at radius 1 is 1.21 bits per heavy atom. The molecule has 1 aromatic carbocycles. The largest absolute Gasteiger partial charge is 0.325 e. The molecule has 29 heavy (non-hydrogen) atoms. The molecule has 3 aromatic rings. The van der Waals surface area contributed by atoms with Gasteiger partial charge in [-0.25, -0.2) is 0 Å². The topological polar surface area (TPSA) is 75.9 Å². The fourth-order valence-corrected chi connectivity index (χ4v) is 3.70. The van der Waals surface area contributed by atoms with Gasteiger partial charge in [0.2, 0.25) is 5.91 Å². The minimum Gasteiger partial charge on any atom is -0.325 e. The molecule has 9 heteroatoms. The zero-order valence-electron chi connectivity index (χ0n) is 16.4. The van der Waals surface area contributed by atoms with E-state index in [0.717, 1.165) is 36.1 Å². The third-order valence-electron chi connectivity index (χ3n) is 4.08. The number of aromatic nitrogens is 4. The summed E-state index contributed by atoms with van der Waals surface area (Å²) in [5, 5.41) is 12.8. The summed E-state index contributed by atoms with van der Waals surface area (Å²) in [6.07, 6.45) is 4.42. The Kier molecular flexibility index (Phi) is 7.62. The molecule has 7 nitrogen and oxygen atoms in total. The average Bonchev–Trinajstić information content (AvgIpc) is 3.09. The number of thioether (sulfide) groups is 1. The van der Waals surface area contributed by atoms with Crippen molar-refractivity contribution >= 4 is 35.0 Å². The summed E-state index contributed by atoms with van der Waals surface area (Å²) < 4.78 is 2.07. The number of hydrogen-bond donors (Lipinski definition) is 1. The van der Waals surface area contributed by atoms with Crippen molar-refractivity contribution in [2.75, 3.05) is 31.7 Å². The van der Waals surface area contributed by atoms with Gasteiger partial charge < -0.3 is 14.8 Å². The first kappa shape index (κ1) is 21.3. The standard InChI is InChI=1S/C20H23ClN6OS/c1-26(2)11-4-12-27-19(15-7-9-22-10-8-15)24-25-20(27)29-14-18(28)23-17-6-3-5-16(21)13-17/h3,5-10,13H,4,11-12,14H2,1-2H3,(H,23,28). The van der Waals surface area contributed by atoms with Crippen LogP contribution in [0.1, 0.15) is 6.42 Å². The summed E-state index contributed by atoms with van der Waals surface area (Å²) >= 11 is 7.34. The first-order chi connectivity index (χ1) is 14.0. The van der Waals surface area contributed by atoms with E-state index in [4.69, 9.17) is 11.6 Å². The lowest BCUT2D eigenvalue weighted by molar-refractivity contribution is -0.113. The second-order valence-electron chi connectivity index (χ2n) is 6.70. The highest BCUT2D eigenvalue weighted by atomic mass is 35.5. The zero-order chi connectivity index (χ0) is 20.6. The molecular formula is C20H23ClN6OS. The molecule has 0 aliphatic rings. The third-order valence-corrected chi connectivity index (χ3v) is 5.29. The van der Waals surface area contributed by atoms with Crippen molar-refractivity contribution in [2.45, 2.75) is 18.1 Å². The van der Waals surface area contributed by atoms with Crippen LogP contribution in [0.5, 0.6) is 0 Å². The highest BCUT2D eigenvalue weighted by Crippen LogP contribution is 2.24. The van der Waals surface area contributed by atoms with Gasteiger partial charge >= 0.3 is 0 Å². The Hall–Kier alpha value is -2.42. The van der Waals surface area contributed by atoms with E-state index in [2.05, 4.69) is 30.0 Å². The van der Waals surface area contributed by atoms with E-state index >= 15 is 0 Å². The molecule has 0 unspecified atom stereocenters. The van der Waals surface area contributed by atoms with Gasteiger partial charge in [0.1, 0.15) is 0 Å². The summed E-state index contributed by atoms with van der Waals surface area (Å²) in [5.41, 5.74) is 1.63. The van der Waals surface area contributed by atoms with E-state index in [1.165, 1.54) is 11.8 Å². The maximum absolute atomic E-state index is 12.3. The van der Waals surface area contributed by atoms with Crippen molar-refractivity contribution < 1.29 is 4.79 Å². The SMILES string of the molecule is CN(C)CCCn1c(SCC(=O)Nc2cccc(Cl)c2)nnc1-c1ccncc1. The fourth-order valence-electron chi connectivity index (χ4n) is 2.75. The van der Waals surface area contributed by atoms with E-state index in [1.54, 1.807) is 36.7 Å². The van der Waals surface area contributed by atoms with Crippen molar-refractivity contribution in [3.63, 3.8) is 0 Å². The zero-order valence-corrected chi connectivity index (χ0v) is 18.0. The number of benzene rings is 1. The van der Waals surface area contributed by atoms with Gasteiger partial charge in [-0.3, -0.25) is 9.78 Å². The molecule has 3 rings (SSSR count). The number of carbonyl (C=O) groups is 1. The van der Waals surface area contributed by atoms with Crippen LogP contribution in [0.15, 0.2) is 53.9 Å². The summed E-state index contributed by atoms with van der Waals surface area (Å²) in [4.78, 5) is 18.5. The number of amides is 1. The molecule has 152 valence electrons. The van der Waals surface area contributed by atoms with Gasteiger partial charge in [-0.2, -0.15) is 0 Å². The Labute approximate surface area is 179 Å². The molecule has 0 aliphatic heterocycles. The van der Waals surface area contributed by atoms with Gasteiger partial charge in [0.25, 0.3) is 0 Å². The molecular weight excluding hydrogens is 408 g/mol. The van der Waals surface area contributed by atoms with Crippen molar-refractivity contribution in [1.82, 2.24) is 24.6 Å². The normalized spacial score (nSPS) is 11.0. The number of halogens is 1. The van der Waals surface area contributed by atoms with Crippen LogP contribution >= 0.6 is 23.4 Å². The number of nitrogens with one attached hydrogen (secondary N) is 1. The van der Waals surface area contributed by atoms with Crippen LogP contribution in [0.3, 0.4) is 0 Å². The Morgan fingerprint density at radius 3 is 2.72 bits per heavy atom. The lowest BCUT2D eigenvalue weighted by Crippen LogP contribution is -2.16. The molecule has 0 spiro atoms. The van der Waals surface area contributed by atoms with E-state index in [0.29, 0.717) is 10.7 Å². The summed E-state index contributed by atoms with van der Waals surface area (Å²) in [5.74, 6) is 0.892. The van der Waals surface area contributed by atoms with Gasteiger partial charge in [-0.15, -0.1) is 10.2 Å². The molecule has 2 aromatic heterocycles. The third kappa shape index (κ3) is 6.28. The fraction of sp³-hybridized carbons (Fsp3) is 0.300. The molecule has 0 atom stereocenters. The Morgan fingerprint density at radius 2 is 2.00 bits per heavy atom. The van der Waals surface area contributed by atoms with Gasteiger partial charge in [0.15, 0.2) is 11.0 Å². The van der Waals surface area contributed by atoms with E-state index in [9.17, 15) is 4.79 Å². The predicted octanol–water partition coefficient (Wildman–Crippen LogP) is 3.68. The van der Waals surface area contributed by atoms with Crippen LogP contribution in [0.25, 0.3) is 11.4 Å². The molecule has 1 amide bonds. The predicted molar refractivity (Wildman–Crippen MR) is 117 cm³/mol. The second-order valence-corrected chi connectivity index (χ2v) is 8.08. The summed E-state index contributed by atoms with van der Waals surface area (Å²) in [7, 11) is 4.09. The number of nitrogens with zero attached hydrogens (tertiary/aromatic N) is 5. The number of hydrogen-bond acceptors (Lipinski definition) is 6. The molecule has 0 fully saturated rings. The molecule has 0 aliphatic carbocycles. The van der Waals surface area contributed by atoms with Crippen LogP contribution in [0.2, 0.25) is 5.02 Å². The van der Waals surface area contributed by atoms with E-state index < -0.39 is 0 Å². The monoisotopic (exact) mass is 430 g/mol. The molecule has 1 N–H and O–H groups in total. The van der Waals surface area contributed by atoms with Crippen molar-refractivity contribution in [2.24, 2.45) is 0 Å². The second kappa shape index (κ2) is 10.4. The summed E-state index contributed by atoms with van der Waals surface area (Å²) in [6.45, 7) is 1.72. The van der Waals surface area contributed by atoms with Gasteiger partial charge in [-0.05, 0) is 57.4 Å². The quantitative estimate of drug-likeness (QED) is 0.522. The first-order valence-electron chi connectivity index (χ1n) is 9.19. The van der Waals surface area contributed by atoms with Crippen LogP contribution in [0, 0.1) is 0 Å². The molecule has 0 radical (unpaired) electrons. The van der Waals surface area contributed by atoms with Crippen molar-refractivity contribution in [3.05, 3.63) is 53.8 Å². The van der Waals surface area contributed by atoms with E-state index in [-0.39, 0.29) is 11.7 Å². The smallest absolute Gasteiger partial charge is 0.234 e. The highest BCUT2D eigenvalue weighted by molar-refractivity contribution is 7.99. The molecule has 0 bridgehead atoms. The highest BCUT2D eigenvalue weighted by Gasteiger charge is 2.16. The van der Waals surface area contributed by atoms with Crippen LogP contribution < -0.4 is 5.32 Å². The van der Waals surface area contributed by atoms with Crippen LogP contribution in [-0.4, -0.2) is 56.9 Å². The minimum absolute atomic E-state index is 0.120.